The number of nitrogens with one attached hydrogen (secondary N) is 1. The van der Waals surface area contributed by atoms with Gasteiger partial charge in [0.05, 0.1) is 6.54 Å². The fourth-order valence-electron chi connectivity index (χ4n) is 2.16. The zero-order chi connectivity index (χ0) is 10.7. The Labute approximate surface area is 90.7 Å². The first-order valence-electron chi connectivity index (χ1n) is 5.61. The van der Waals surface area contributed by atoms with Crippen molar-refractivity contribution in [3.8, 4) is 0 Å². The molecule has 2 nitrogen and oxygen atoms in total. The Hall–Kier alpha value is -1.15. The summed E-state index contributed by atoms with van der Waals surface area (Å²) in [6.07, 6.45) is 1.78. The van der Waals surface area contributed by atoms with Crippen molar-refractivity contribution in [3.63, 3.8) is 0 Å². The predicted molar refractivity (Wildman–Crippen MR) is 61.1 cm³/mol. The normalized spacial score (nSPS) is 18.1. The second-order valence-electron chi connectivity index (χ2n) is 4.12. The van der Waals surface area contributed by atoms with E-state index >= 15 is 0 Å². The maximum absolute atomic E-state index is 11.6. The van der Waals surface area contributed by atoms with Gasteiger partial charge in [-0.2, -0.15) is 0 Å². The third kappa shape index (κ3) is 2.26. The van der Waals surface area contributed by atoms with Crippen LogP contribution in [0.3, 0.4) is 0 Å². The van der Waals surface area contributed by atoms with Crippen LogP contribution in [-0.2, 0) is 11.2 Å². The molecule has 0 fully saturated rings. The summed E-state index contributed by atoms with van der Waals surface area (Å²) in [5.41, 5.74) is 2.79. The smallest absolute Gasteiger partial charge is 0.147 e. The molecule has 1 aromatic rings. The summed E-state index contributed by atoms with van der Waals surface area (Å²) in [6.45, 7) is 3.41. The summed E-state index contributed by atoms with van der Waals surface area (Å²) in [6, 6.07) is 8.42. The fraction of sp³-hybridized carbons (Fsp3) is 0.462. The maximum atomic E-state index is 11.6. The van der Waals surface area contributed by atoms with Crippen LogP contribution in [0, 0.1) is 0 Å². The molecule has 0 spiro atoms. The second-order valence-corrected chi connectivity index (χ2v) is 4.12. The average molecular weight is 203 g/mol. The number of carbonyl (C=O) groups is 1. The monoisotopic (exact) mass is 203 g/mol. The van der Waals surface area contributed by atoms with E-state index in [4.69, 9.17) is 0 Å². The first-order chi connectivity index (χ1) is 7.31. The van der Waals surface area contributed by atoms with Gasteiger partial charge < -0.3 is 5.32 Å². The zero-order valence-corrected chi connectivity index (χ0v) is 9.12. The lowest BCUT2D eigenvalue weighted by molar-refractivity contribution is -0.118. The van der Waals surface area contributed by atoms with Crippen molar-refractivity contribution in [2.24, 2.45) is 0 Å². The van der Waals surface area contributed by atoms with E-state index in [-0.39, 0.29) is 0 Å². The summed E-state index contributed by atoms with van der Waals surface area (Å²) in [5, 5.41) is 3.08. The van der Waals surface area contributed by atoms with Gasteiger partial charge in [0.15, 0.2) is 0 Å². The van der Waals surface area contributed by atoms with Crippen molar-refractivity contribution in [3.05, 3.63) is 35.4 Å². The molecule has 1 aliphatic rings. The van der Waals surface area contributed by atoms with Crippen molar-refractivity contribution in [2.45, 2.75) is 25.7 Å². The van der Waals surface area contributed by atoms with Crippen LogP contribution >= 0.6 is 0 Å². The molecule has 0 heterocycles. The highest BCUT2D eigenvalue weighted by Crippen LogP contribution is 2.37. The van der Waals surface area contributed by atoms with Crippen molar-refractivity contribution < 1.29 is 4.79 Å². The highest BCUT2D eigenvalue weighted by Gasteiger charge is 2.26. The van der Waals surface area contributed by atoms with Gasteiger partial charge in [0.25, 0.3) is 0 Å². The Kier molecular flexibility index (Phi) is 3.17. The van der Waals surface area contributed by atoms with E-state index in [2.05, 4.69) is 29.6 Å². The number of Topliss-reactive ketones (excluding diaryl/α,β-unsaturated/α-hetero) is 1. The van der Waals surface area contributed by atoms with Gasteiger partial charge in [-0.1, -0.05) is 31.2 Å². The van der Waals surface area contributed by atoms with Gasteiger partial charge in [0.1, 0.15) is 5.78 Å². The lowest BCUT2D eigenvalue weighted by Gasteiger charge is -2.29. The lowest BCUT2D eigenvalue weighted by Crippen LogP contribution is -2.27. The van der Waals surface area contributed by atoms with Gasteiger partial charge in [-0.15, -0.1) is 0 Å². The summed E-state index contributed by atoms with van der Waals surface area (Å²) in [4.78, 5) is 11.6. The standard InChI is InChI=1S/C13H17NO/c1-2-14-9-12(15)8-11-7-10-5-3-4-6-13(10)11/h3-6,11,14H,2,7-9H2,1H3. The highest BCUT2D eigenvalue weighted by molar-refractivity contribution is 5.81. The van der Waals surface area contributed by atoms with E-state index in [0.29, 0.717) is 24.7 Å². The molecule has 0 saturated heterocycles. The Balaban J connectivity index is 1.87. The van der Waals surface area contributed by atoms with Gasteiger partial charge in [0, 0.05) is 6.42 Å². The van der Waals surface area contributed by atoms with E-state index < -0.39 is 0 Å². The third-order valence-corrected chi connectivity index (χ3v) is 3.01. The van der Waals surface area contributed by atoms with Crippen LogP contribution in [0.5, 0.6) is 0 Å². The van der Waals surface area contributed by atoms with E-state index in [1.165, 1.54) is 11.1 Å². The molecule has 0 aliphatic heterocycles. The molecule has 1 aliphatic carbocycles. The summed E-state index contributed by atoms with van der Waals surface area (Å²) >= 11 is 0. The fourth-order valence-corrected chi connectivity index (χ4v) is 2.16. The van der Waals surface area contributed by atoms with Crippen LogP contribution in [0.2, 0.25) is 0 Å². The molecule has 2 rings (SSSR count). The molecule has 0 amide bonds. The maximum Gasteiger partial charge on any atom is 0.147 e. The molecule has 15 heavy (non-hydrogen) atoms. The van der Waals surface area contributed by atoms with E-state index in [9.17, 15) is 4.79 Å². The first-order valence-corrected chi connectivity index (χ1v) is 5.61. The van der Waals surface area contributed by atoms with Crippen molar-refractivity contribution >= 4 is 5.78 Å². The minimum absolute atomic E-state index is 0.330. The number of carbonyl (C=O) groups excluding carboxylic acids is 1. The van der Waals surface area contributed by atoms with Gasteiger partial charge in [0.2, 0.25) is 0 Å². The van der Waals surface area contributed by atoms with Crippen molar-refractivity contribution in [1.29, 1.82) is 0 Å². The van der Waals surface area contributed by atoms with Gasteiger partial charge in [-0.05, 0) is 30.0 Å². The topological polar surface area (TPSA) is 29.1 Å². The van der Waals surface area contributed by atoms with Crippen LogP contribution in [-0.4, -0.2) is 18.9 Å². The van der Waals surface area contributed by atoms with Crippen LogP contribution in [0.15, 0.2) is 24.3 Å². The van der Waals surface area contributed by atoms with Gasteiger partial charge >= 0.3 is 0 Å². The predicted octanol–water partition coefficient (Wildman–Crippen LogP) is 1.90. The number of benzene rings is 1. The van der Waals surface area contributed by atoms with E-state index in [0.717, 1.165) is 13.0 Å². The highest BCUT2D eigenvalue weighted by atomic mass is 16.1. The molecule has 1 unspecified atom stereocenters. The molecule has 1 atom stereocenters. The average Bonchev–Trinajstić information content (AvgIpc) is 2.23. The van der Waals surface area contributed by atoms with Gasteiger partial charge in [-0.25, -0.2) is 0 Å². The number of hydrogen-bond donors (Lipinski definition) is 1. The number of rotatable bonds is 5. The minimum atomic E-state index is 0.330. The molecule has 0 bridgehead atoms. The largest absolute Gasteiger partial charge is 0.310 e. The first kappa shape index (κ1) is 10.4. The van der Waals surface area contributed by atoms with Gasteiger partial charge in [-0.3, -0.25) is 4.79 Å². The molecule has 80 valence electrons. The summed E-state index contributed by atoms with van der Waals surface area (Å²) < 4.78 is 0. The van der Waals surface area contributed by atoms with Crippen LogP contribution in [0.25, 0.3) is 0 Å². The second kappa shape index (κ2) is 4.58. The van der Waals surface area contributed by atoms with E-state index in [1.54, 1.807) is 0 Å². The summed E-state index contributed by atoms with van der Waals surface area (Å²) in [5.74, 6) is 0.809. The molecule has 0 saturated carbocycles. The number of hydrogen-bond acceptors (Lipinski definition) is 2. The number of likely N-dealkylation sites (N-methyl/N-ethyl adjacent to an activating group) is 1. The molecule has 2 heteroatoms. The van der Waals surface area contributed by atoms with Crippen LogP contribution in [0.4, 0.5) is 0 Å². The van der Waals surface area contributed by atoms with Crippen LogP contribution in [0.1, 0.15) is 30.4 Å². The van der Waals surface area contributed by atoms with Crippen LogP contribution < -0.4 is 5.32 Å². The molecule has 0 aromatic heterocycles. The zero-order valence-electron chi connectivity index (χ0n) is 9.12. The van der Waals surface area contributed by atoms with Crippen molar-refractivity contribution in [1.82, 2.24) is 5.32 Å². The Morgan fingerprint density at radius 2 is 2.27 bits per heavy atom. The molecule has 1 N–H and O–H groups in total. The molecule has 1 aromatic carbocycles. The molecular weight excluding hydrogens is 186 g/mol. The molecular formula is C13H17NO. The lowest BCUT2D eigenvalue weighted by atomic mass is 9.75. The molecule has 0 radical (unpaired) electrons. The number of ketones is 1. The Morgan fingerprint density at radius 3 is 3.00 bits per heavy atom. The Morgan fingerprint density at radius 1 is 1.47 bits per heavy atom. The van der Waals surface area contributed by atoms with E-state index in [1.807, 2.05) is 6.92 Å². The summed E-state index contributed by atoms with van der Waals surface area (Å²) in [7, 11) is 0. The van der Waals surface area contributed by atoms with Crippen molar-refractivity contribution in [2.75, 3.05) is 13.1 Å². The minimum Gasteiger partial charge on any atom is -0.310 e. The number of fused-ring (bicyclic) bond motifs is 1. The third-order valence-electron chi connectivity index (χ3n) is 3.01. The SMILES string of the molecule is CCNCC(=O)CC1Cc2ccccc21. The Bertz CT molecular complexity index is 359. The quantitative estimate of drug-likeness (QED) is 0.792.